The van der Waals surface area contributed by atoms with E-state index in [1.54, 1.807) is 31.9 Å². The van der Waals surface area contributed by atoms with Crippen LogP contribution in [0.15, 0.2) is 24.4 Å². The molecule has 5 heteroatoms. The Bertz CT molecular complexity index is 608. The van der Waals surface area contributed by atoms with Crippen LogP contribution in [0.1, 0.15) is 13.8 Å². The molecule has 2 aromatic rings. The van der Waals surface area contributed by atoms with Crippen LogP contribution in [0.2, 0.25) is 0 Å². The lowest BCUT2D eigenvalue weighted by Gasteiger charge is -2.28. The summed E-state index contributed by atoms with van der Waals surface area (Å²) < 4.78 is 27.0. The molecule has 0 saturated carbocycles. The molecule has 0 bridgehead atoms. The number of likely N-dealkylation sites (N-methyl/N-ethyl adjacent to an activating group) is 1. The zero-order valence-corrected chi connectivity index (χ0v) is 11.1. The number of aliphatic hydroxyl groups is 1. The molecule has 0 amide bonds. The summed E-state index contributed by atoms with van der Waals surface area (Å²) in [5, 5.41) is 10.2. The lowest BCUT2D eigenvalue weighted by Crippen LogP contribution is -2.36. The minimum atomic E-state index is -0.907. The molecular weight excluding hydrogens is 250 g/mol. The summed E-state index contributed by atoms with van der Waals surface area (Å²) in [5.41, 5.74) is -0.150. The summed E-state index contributed by atoms with van der Waals surface area (Å²) >= 11 is 0. The number of fused-ring (bicyclic) bond motifs is 1. The van der Waals surface area contributed by atoms with Gasteiger partial charge in [0.2, 0.25) is 0 Å². The van der Waals surface area contributed by atoms with Crippen molar-refractivity contribution in [1.82, 2.24) is 4.98 Å². The fourth-order valence-corrected chi connectivity index (χ4v) is 2.16. The third-order valence-electron chi connectivity index (χ3n) is 2.78. The quantitative estimate of drug-likeness (QED) is 0.928. The normalized spacial score (nSPS) is 11.9. The summed E-state index contributed by atoms with van der Waals surface area (Å²) in [4.78, 5) is 5.68. The number of anilines is 1. The zero-order valence-electron chi connectivity index (χ0n) is 11.1. The molecule has 0 spiro atoms. The number of halogens is 2. The number of nitrogens with zero attached hydrogens (tertiary/aromatic N) is 2. The van der Waals surface area contributed by atoms with Gasteiger partial charge in [0, 0.05) is 36.9 Å². The van der Waals surface area contributed by atoms with E-state index in [1.165, 1.54) is 12.3 Å². The molecule has 0 aliphatic carbocycles. The molecule has 0 aliphatic rings. The van der Waals surface area contributed by atoms with Gasteiger partial charge in [-0.2, -0.15) is 0 Å². The maximum atomic E-state index is 13.7. The summed E-state index contributed by atoms with van der Waals surface area (Å²) in [6.45, 7) is 3.69. The highest BCUT2D eigenvalue weighted by atomic mass is 19.1. The molecule has 102 valence electrons. The van der Waals surface area contributed by atoms with Gasteiger partial charge < -0.3 is 10.0 Å². The monoisotopic (exact) mass is 266 g/mol. The predicted octanol–water partition coefficient (Wildman–Crippen LogP) is 2.72. The Morgan fingerprint density at radius 2 is 2.00 bits per heavy atom. The third kappa shape index (κ3) is 2.98. The van der Waals surface area contributed by atoms with Gasteiger partial charge in [-0.1, -0.05) is 0 Å². The van der Waals surface area contributed by atoms with Crippen LogP contribution in [0.4, 0.5) is 14.5 Å². The molecule has 0 fully saturated rings. The van der Waals surface area contributed by atoms with Crippen molar-refractivity contribution < 1.29 is 13.9 Å². The molecule has 0 aliphatic heterocycles. The standard InChI is InChI=1S/C14H16F2N2O/c1-14(2,19)8-18(3)12-4-5-17-13-10(12)6-9(15)7-11(13)16/h4-7,19H,8H2,1-3H3. The van der Waals surface area contributed by atoms with Crippen molar-refractivity contribution in [3.8, 4) is 0 Å². The van der Waals surface area contributed by atoms with E-state index in [1.807, 2.05) is 0 Å². The van der Waals surface area contributed by atoms with E-state index in [4.69, 9.17) is 0 Å². The van der Waals surface area contributed by atoms with E-state index in [0.717, 1.165) is 6.07 Å². The van der Waals surface area contributed by atoms with Crippen LogP contribution in [0.3, 0.4) is 0 Å². The van der Waals surface area contributed by atoms with E-state index in [9.17, 15) is 13.9 Å². The number of pyridine rings is 1. The Morgan fingerprint density at radius 1 is 1.32 bits per heavy atom. The second-order valence-corrected chi connectivity index (χ2v) is 5.28. The first-order chi connectivity index (χ1) is 8.78. The number of benzene rings is 1. The molecule has 0 unspecified atom stereocenters. The summed E-state index contributed by atoms with van der Waals surface area (Å²) in [5.74, 6) is -1.33. The van der Waals surface area contributed by atoms with Crippen molar-refractivity contribution in [3.05, 3.63) is 36.0 Å². The number of hydrogen-bond donors (Lipinski definition) is 1. The molecule has 3 nitrogen and oxygen atoms in total. The van der Waals surface area contributed by atoms with Crippen molar-refractivity contribution >= 4 is 16.6 Å². The molecule has 1 aromatic carbocycles. The summed E-state index contributed by atoms with van der Waals surface area (Å²) in [6.07, 6.45) is 1.47. The average molecular weight is 266 g/mol. The van der Waals surface area contributed by atoms with E-state index in [2.05, 4.69) is 4.98 Å². The molecular formula is C14H16F2N2O. The third-order valence-corrected chi connectivity index (χ3v) is 2.78. The second kappa shape index (κ2) is 4.74. The van der Waals surface area contributed by atoms with Gasteiger partial charge in [-0.15, -0.1) is 0 Å². The van der Waals surface area contributed by atoms with Gasteiger partial charge in [0.15, 0.2) is 5.82 Å². The van der Waals surface area contributed by atoms with Gasteiger partial charge in [0.05, 0.1) is 5.60 Å². The highest BCUT2D eigenvalue weighted by Gasteiger charge is 2.18. The molecule has 0 radical (unpaired) electrons. The smallest absolute Gasteiger partial charge is 0.152 e. The van der Waals surface area contributed by atoms with Crippen LogP contribution >= 0.6 is 0 Å². The van der Waals surface area contributed by atoms with E-state index < -0.39 is 17.2 Å². The van der Waals surface area contributed by atoms with Gasteiger partial charge in [0.1, 0.15) is 11.3 Å². The highest BCUT2D eigenvalue weighted by Crippen LogP contribution is 2.28. The first-order valence-corrected chi connectivity index (χ1v) is 5.95. The minimum absolute atomic E-state index is 0.126. The Labute approximate surface area is 110 Å². The fraction of sp³-hybridized carbons (Fsp3) is 0.357. The lowest BCUT2D eigenvalue weighted by molar-refractivity contribution is 0.0887. The topological polar surface area (TPSA) is 36.4 Å². The van der Waals surface area contributed by atoms with E-state index in [-0.39, 0.29) is 5.52 Å². The Balaban J connectivity index is 2.55. The minimum Gasteiger partial charge on any atom is -0.389 e. The maximum absolute atomic E-state index is 13.7. The second-order valence-electron chi connectivity index (χ2n) is 5.28. The SMILES string of the molecule is CN(CC(C)(C)O)c1ccnc2c(F)cc(F)cc12. The fourth-order valence-electron chi connectivity index (χ4n) is 2.16. The van der Waals surface area contributed by atoms with Crippen molar-refractivity contribution in [2.45, 2.75) is 19.4 Å². The van der Waals surface area contributed by atoms with Crippen LogP contribution in [0, 0.1) is 11.6 Å². The number of aromatic nitrogens is 1. The molecule has 2 rings (SSSR count). The van der Waals surface area contributed by atoms with Crippen LogP contribution in [0.5, 0.6) is 0 Å². The Hall–Kier alpha value is -1.75. The largest absolute Gasteiger partial charge is 0.389 e. The molecule has 1 aromatic heterocycles. The number of rotatable bonds is 3. The van der Waals surface area contributed by atoms with Gasteiger partial charge in [0.25, 0.3) is 0 Å². The van der Waals surface area contributed by atoms with Gasteiger partial charge in [-0.25, -0.2) is 8.78 Å². The predicted molar refractivity (Wildman–Crippen MR) is 71.2 cm³/mol. The molecule has 0 saturated heterocycles. The number of hydrogen-bond acceptors (Lipinski definition) is 3. The van der Waals surface area contributed by atoms with Crippen LogP contribution in [-0.2, 0) is 0 Å². The van der Waals surface area contributed by atoms with Crippen molar-refractivity contribution in [2.75, 3.05) is 18.5 Å². The highest BCUT2D eigenvalue weighted by molar-refractivity contribution is 5.91. The first kappa shape index (κ1) is 13.7. The first-order valence-electron chi connectivity index (χ1n) is 5.95. The van der Waals surface area contributed by atoms with E-state index in [0.29, 0.717) is 17.6 Å². The van der Waals surface area contributed by atoms with E-state index >= 15 is 0 Å². The van der Waals surface area contributed by atoms with Crippen molar-refractivity contribution in [3.63, 3.8) is 0 Å². The summed E-state index contributed by atoms with van der Waals surface area (Å²) in [7, 11) is 1.76. The average Bonchev–Trinajstić information content (AvgIpc) is 2.25. The van der Waals surface area contributed by atoms with Crippen molar-refractivity contribution in [2.24, 2.45) is 0 Å². The lowest BCUT2D eigenvalue weighted by atomic mass is 10.1. The zero-order chi connectivity index (χ0) is 14.2. The van der Waals surface area contributed by atoms with Crippen LogP contribution < -0.4 is 4.90 Å². The van der Waals surface area contributed by atoms with Crippen molar-refractivity contribution in [1.29, 1.82) is 0 Å². The maximum Gasteiger partial charge on any atom is 0.152 e. The molecule has 1 N–H and O–H groups in total. The van der Waals surface area contributed by atoms with Gasteiger partial charge >= 0.3 is 0 Å². The van der Waals surface area contributed by atoms with Gasteiger partial charge in [-0.3, -0.25) is 4.98 Å². The van der Waals surface area contributed by atoms with Gasteiger partial charge in [-0.05, 0) is 26.0 Å². The molecule has 19 heavy (non-hydrogen) atoms. The Kier molecular flexibility index (Phi) is 3.41. The van der Waals surface area contributed by atoms with Crippen LogP contribution in [0.25, 0.3) is 10.9 Å². The Morgan fingerprint density at radius 3 is 2.63 bits per heavy atom. The molecule has 0 atom stereocenters. The molecule has 1 heterocycles. The summed E-state index contributed by atoms with van der Waals surface area (Å²) in [6, 6.07) is 3.74. The van der Waals surface area contributed by atoms with Crippen LogP contribution in [-0.4, -0.2) is 29.3 Å².